The summed E-state index contributed by atoms with van der Waals surface area (Å²) in [4.78, 5) is 0. The summed E-state index contributed by atoms with van der Waals surface area (Å²) in [6.07, 6.45) is -0.0228. The topological polar surface area (TPSA) is 49.0 Å². The van der Waals surface area contributed by atoms with E-state index in [2.05, 4.69) is 5.32 Å². The largest absolute Gasteiger partial charge is 0.487 e. The van der Waals surface area contributed by atoms with Crippen LogP contribution in [0.4, 0.5) is 0 Å². The fourth-order valence-electron chi connectivity index (χ4n) is 1.69. The number of hydrogen-bond acceptors (Lipinski definition) is 5. The van der Waals surface area contributed by atoms with Gasteiger partial charge in [0, 0.05) is 19.7 Å². The van der Waals surface area contributed by atoms with E-state index >= 15 is 0 Å². The number of methoxy groups -OCH3 is 1. The minimum absolute atomic E-state index is 0.0228. The Labute approximate surface area is 101 Å². The van der Waals surface area contributed by atoms with Crippen molar-refractivity contribution in [2.75, 3.05) is 34.1 Å². The minimum Gasteiger partial charge on any atom is -0.487 e. The number of rotatable bonds is 6. The van der Waals surface area contributed by atoms with Gasteiger partial charge in [-0.1, -0.05) is 0 Å². The summed E-state index contributed by atoms with van der Waals surface area (Å²) in [5, 5.41) is 3.06. The van der Waals surface area contributed by atoms with Crippen molar-refractivity contribution in [3.05, 3.63) is 18.2 Å². The average molecular weight is 239 g/mol. The Morgan fingerprint density at radius 2 is 2.18 bits per heavy atom. The first-order chi connectivity index (χ1) is 8.33. The van der Waals surface area contributed by atoms with Crippen LogP contribution in [0.5, 0.6) is 17.2 Å². The Hall–Kier alpha value is -1.46. The average Bonchev–Trinajstić information content (AvgIpc) is 2.77. The van der Waals surface area contributed by atoms with Crippen molar-refractivity contribution in [2.45, 2.75) is 6.10 Å². The molecule has 1 aromatic carbocycles. The lowest BCUT2D eigenvalue weighted by molar-refractivity contribution is 0.0817. The van der Waals surface area contributed by atoms with Gasteiger partial charge in [-0.2, -0.15) is 0 Å². The molecule has 2 rings (SSSR count). The van der Waals surface area contributed by atoms with Crippen LogP contribution in [0.3, 0.4) is 0 Å². The molecule has 1 N–H and O–H groups in total. The molecule has 1 atom stereocenters. The van der Waals surface area contributed by atoms with E-state index in [4.69, 9.17) is 18.9 Å². The molecule has 0 bridgehead atoms. The molecule has 1 unspecified atom stereocenters. The first-order valence-corrected chi connectivity index (χ1v) is 5.53. The third-order valence-electron chi connectivity index (χ3n) is 2.43. The molecule has 1 aliphatic heterocycles. The van der Waals surface area contributed by atoms with Crippen molar-refractivity contribution < 1.29 is 18.9 Å². The smallest absolute Gasteiger partial charge is 0.231 e. The Kier molecular flexibility index (Phi) is 4.06. The number of fused-ring (bicyclic) bond motifs is 1. The second kappa shape index (κ2) is 5.75. The molecule has 17 heavy (non-hydrogen) atoms. The lowest BCUT2D eigenvalue weighted by Gasteiger charge is -2.18. The van der Waals surface area contributed by atoms with Crippen molar-refractivity contribution in [3.63, 3.8) is 0 Å². The molecule has 94 valence electrons. The number of hydrogen-bond donors (Lipinski definition) is 1. The van der Waals surface area contributed by atoms with Crippen LogP contribution >= 0.6 is 0 Å². The van der Waals surface area contributed by atoms with Crippen molar-refractivity contribution in [3.8, 4) is 17.2 Å². The van der Waals surface area contributed by atoms with Gasteiger partial charge >= 0.3 is 0 Å². The van der Waals surface area contributed by atoms with Gasteiger partial charge in [0.25, 0.3) is 0 Å². The summed E-state index contributed by atoms with van der Waals surface area (Å²) in [5.74, 6) is 2.24. The number of nitrogens with one attached hydrogen (secondary N) is 1. The van der Waals surface area contributed by atoms with E-state index in [1.807, 2.05) is 25.2 Å². The van der Waals surface area contributed by atoms with Gasteiger partial charge in [-0.25, -0.2) is 0 Å². The molecule has 0 saturated carbocycles. The molecule has 5 heteroatoms. The van der Waals surface area contributed by atoms with Gasteiger partial charge in [-0.3, -0.25) is 0 Å². The van der Waals surface area contributed by atoms with Crippen molar-refractivity contribution >= 4 is 0 Å². The number of ether oxygens (including phenoxy) is 4. The van der Waals surface area contributed by atoms with E-state index in [-0.39, 0.29) is 12.9 Å². The van der Waals surface area contributed by atoms with Gasteiger partial charge in [0.05, 0.1) is 6.61 Å². The predicted molar refractivity (Wildman–Crippen MR) is 62.8 cm³/mol. The molecule has 0 aromatic heterocycles. The van der Waals surface area contributed by atoms with Gasteiger partial charge < -0.3 is 24.3 Å². The Morgan fingerprint density at radius 1 is 1.35 bits per heavy atom. The summed E-state index contributed by atoms with van der Waals surface area (Å²) < 4.78 is 21.4. The summed E-state index contributed by atoms with van der Waals surface area (Å²) in [6, 6.07) is 5.55. The highest BCUT2D eigenvalue weighted by Crippen LogP contribution is 2.35. The van der Waals surface area contributed by atoms with Crippen molar-refractivity contribution in [2.24, 2.45) is 0 Å². The van der Waals surface area contributed by atoms with Gasteiger partial charge in [-0.15, -0.1) is 0 Å². The Balaban J connectivity index is 2.01. The molecule has 1 aliphatic rings. The Bertz CT molecular complexity index is 364. The molecule has 0 aliphatic carbocycles. The van der Waals surface area contributed by atoms with E-state index in [1.54, 1.807) is 7.11 Å². The van der Waals surface area contributed by atoms with Gasteiger partial charge in [-0.05, 0) is 19.2 Å². The molecule has 0 amide bonds. The van der Waals surface area contributed by atoms with Crippen LogP contribution in [-0.2, 0) is 4.74 Å². The van der Waals surface area contributed by atoms with E-state index in [0.717, 1.165) is 23.8 Å². The van der Waals surface area contributed by atoms with Gasteiger partial charge in [0.15, 0.2) is 11.5 Å². The fourth-order valence-corrected chi connectivity index (χ4v) is 1.69. The SMILES string of the molecule is CNCC(COC)Oc1ccc2c(c1)OCO2. The molecule has 0 fully saturated rings. The van der Waals surface area contributed by atoms with Crippen molar-refractivity contribution in [1.82, 2.24) is 5.32 Å². The van der Waals surface area contributed by atoms with E-state index < -0.39 is 0 Å². The van der Waals surface area contributed by atoms with Gasteiger partial charge in [0.1, 0.15) is 11.9 Å². The highest BCUT2D eigenvalue weighted by molar-refractivity contribution is 5.46. The van der Waals surface area contributed by atoms with Crippen LogP contribution < -0.4 is 19.5 Å². The maximum Gasteiger partial charge on any atom is 0.231 e. The second-order valence-corrected chi connectivity index (χ2v) is 3.77. The maximum absolute atomic E-state index is 5.80. The molecular formula is C12H17NO4. The molecule has 0 saturated heterocycles. The summed E-state index contributed by atoms with van der Waals surface area (Å²) in [5.41, 5.74) is 0. The third-order valence-corrected chi connectivity index (χ3v) is 2.43. The zero-order valence-electron chi connectivity index (χ0n) is 10.1. The van der Waals surface area contributed by atoms with Crippen LogP contribution in [-0.4, -0.2) is 40.2 Å². The molecule has 0 radical (unpaired) electrons. The van der Waals surface area contributed by atoms with Crippen LogP contribution in [0.15, 0.2) is 18.2 Å². The molecule has 0 spiro atoms. The lowest BCUT2D eigenvalue weighted by Crippen LogP contribution is -2.33. The van der Waals surface area contributed by atoms with Crippen LogP contribution in [0.1, 0.15) is 0 Å². The zero-order valence-corrected chi connectivity index (χ0v) is 10.1. The monoisotopic (exact) mass is 239 g/mol. The van der Waals surface area contributed by atoms with Crippen LogP contribution in [0.25, 0.3) is 0 Å². The van der Waals surface area contributed by atoms with Crippen LogP contribution in [0.2, 0.25) is 0 Å². The fraction of sp³-hybridized carbons (Fsp3) is 0.500. The zero-order chi connectivity index (χ0) is 12.1. The quantitative estimate of drug-likeness (QED) is 0.803. The number of likely N-dealkylation sites (N-methyl/N-ethyl adjacent to an activating group) is 1. The molecular weight excluding hydrogens is 222 g/mol. The third kappa shape index (κ3) is 3.01. The first-order valence-electron chi connectivity index (χ1n) is 5.53. The van der Waals surface area contributed by atoms with E-state index in [1.165, 1.54) is 0 Å². The van der Waals surface area contributed by atoms with E-state index in [9.17, 15) is 0 Å². The highest BCUT2D eigenvalue weighted by atomic mass is 16.7. The van der Waals surface area contributed by atoms with Crippen LogP contribution in [0, 0.1) is 0 Å². The number of benzene rings is 1. The van der Waals surface area contributed by atoms with Gasteiger partial charge in [0.2, 0.25) is 6.79 Å². The first kappa shape index (κ1) is 12.0. The summed E-state index contributed by atoms with van der Waals surface area (Å²) in [7, 11) is 3.54. The summed E-state index contributed by atoms with van der Waals surface area (Å²) in [6.45, 7) is 1.54. The standard InChI is InChI=1S/C12H17NO4/c1-13-6-10(7-14-2)17-9-3-4-11-12(5-9)16-8-15-11/h3-5,10,13H,6-8H2,1-2H3. The highest BCUT2D eigenvalue weighted by Gasteiger charge is 2.15. The second-order valence-electron chi connectivity index (χ2n) is 3.77. The minimum atomic E-state index is -0.0228. The van der Waals surface area contributed by atoms with E-state index in [0.29, 0.717) is 6.61 Å². The van der Waals surface area contributed by atoms with Crippen molar-refractivity contribution in [1.29, 1.82) is 0 Å². The predicted octanol–water partition coefficient (Wildman–Crippen LogP) is 1.03. The summed E-state index contributed by atoms with van der Waals surface area (Å²) >= 11 is 0. The Morgan fingerprint density at radius 3 is 2.94 bits per heavy atom. The molecule has 1 heterocycles. The molecule has 5 nitrogen and oxygen atoms in total. The maximum atomic E-state index is 5.80. The normalized spacial score (nSPS) is 14.7. The molecule has 1 aromatic rings. The lowest BCUT2D eigenvalue weighted by atomic mass is 10.3.